The maximum atomic E-state index is 14.8. The molecule has 0 saturated carbocycles. The molecule has 8 nitrogen and oxygen atoms in total. The number of fused-ring (bicyclic) bond motifs is 1. The number of imidazole rings is 1. The van der Waals surface area contributed by atoms with Gasteiger partial charge in [0, 0.05) is 56.0 Å². The van der Waals surface area contributed by atoms with E-state index in [0.29, 0.717) is 24.5 Å². The predicted octanol–water partition coefficient (Wildman–Crippen LogP) is 5.86. The van der Waals surface area contributed by atoms with E-state index in [2.05, 4.69) is 25.9 Å². The number of thiophene rings is 1. The lowest BCUT2D eigenvalue weighted by atomic mass is 10.3. The van der Waals surface area contributed by atoms with Gasteiger partial charge in [0.2, 0.25) is 0 Å². The Kier molecular flexibility index (Phi) is 6.76. The van der Waals surface area contributed by atoms with E-state index in [1.165, 1.54) is 23.5 Å². The second-order valence-corrected chi connectivity index (χ2v) is 9.03. The zero-order chi connectivity index (χ0) is 24.9. The minimum Gasteiger partial charge on any atom is -0.453 e. The van der Waals surface area contributed by atoms with E-state index in [0.717, 1.165) is 26.5 Å². The summed E-state index contributed by atoms with van der Waals surface area (Å²) in [6.07, 6.45) is 5.28. The number of amides is 2. The van der Waals surface area contributed by atoms with Crippen LogP contribution in [0.25, 0.3) is 20.8 Å². The van der Waals surface area contributed by atoms with Crippen LogP contribution in [0.1, 0.15) is 0 Å². The number of nitrogens with zero attached hydrogens (tertiary/aromatic N) is 3. The van der Waals surface area contributed by atoms with E-state index in [-0.39, 0.29) is 5.75 Å². The number of carbonyl (C=O) groups is 1. The highest BCUT2D eigenvalue weighted by molar-refractivity contribution is 7.22. The van der Waals surface area contributed by atoms with Crippen LogP contribution in [-0.2, 0) is 7.05 Å². The molecule has 2 amide bonds. The van der Waals surface area contributed by atoms with Crippen LogP contribution in [0.2, 0.25) is 0 Å². The van der Waals surface area contributed by atoms with Gasteiger partial charge < -0.3 is 25.3 Å². The Morgan fingerprint density at radius 1 is 1.03 bits per heavy atom. The Morgan fingerprint density at radius 2 is 1.89 bits per heavy atom. The maximum absolute atomic E-state index is 14.8. The summed E-state index contributed by atoms with van der Waals surface area (Å²) in [5, 5.41) is 8.57. The highest BCUT2D eigenvalue weighted by atomic mass is 32.1. The van der Waals surface area contributed by atoms with Crippen molar-refractivity contribution in [3.8, 4) is 22.1 Å². The summed E-state index contributed by atoms with van der Waals surface area (Å²) in [5.74, 6) is -0.0474. The molecule has 3 aromatic heterocycles. The summed E-state index contributed by atoms with van der Waals surface area (Å²) in [6, 6.07) is 17.2. The highest BCUT2D eigenvalue weighted by Gasteiger charge is 2.14. The van der Waals surface area contributed by atoms with Crippen LogP contribution in [0.3, 0.4) is 0 Å². The van der Waals surface area contributed by atoms with Crippen LogP contribution < -0.4 is 20.7 Å². The number of aryl methyl sites for hydroxylation is 1. The lowest BCUT2D eigenvalue weighted by Gasteiger charge is -2.11. The summed E-state index contributed by atoms with van der Waals surface area (Å²) < 4.78 is 23.4. The average Bonchev–Trinajstić information content (AvgIpc) is 3.51. The first-order valence-electron chi connectivity index (χ1n) is 11.2. The second kappa shape index (κ2) is 10.4. The number of pyridine rings is 1. The van der Waals surface area contributed by atoms with Crippen molar-refractivity contribution in [2.75, 3.05) is 23.7 Å². The van der Waals surface area contributed by atoms with Crippen LogP contribution in [-0.4, -0.2) is 33.7 Å². The standard InChI is InChI=1S/C26H23FN6O2S/c1-33-15-21(31-16-33)24-14-20-25(36-24)23(9-10-29-20)35-22-8-7-18(13-19(22)27)32-26(34)30-12-11-28-17-5-3-2-4-6-17/h2-10,13-16,28H,11-12H2,1H3,(H2,30,32,34). The number of urea groups is 1. The molecule has 0 saturated heterocycles. The first-order valence-corrected chi connectivity index (χ1v) is 12.0. The third kappa shape index (κ3) is 5.44. The first-order chi connectivity index (χ1) is 17.5. The number of hydrogen-bond donors (Lipinski definition) is 3. The Morgan fingerprint density at radius 3 is 2.67 bits per heavy atom. The fourth-order valence-electron chi connectivity index (χ4n) is 3.56. The Labute approximate surface area is 210 Å². The third-order valence-corrected chi connectivity index (χ3v) is 6.42. The monoisotopic (exact) mass is 502 g/mol. The first kappa shape index (κ1) is 23.3. The number of benzene rings is 2. The molecule has 5 aromatic rings. The molecule has 3 N–H and O–H groups in total. The quantitative estimate of drug-likeness (QED) is 0.231. The van der Waals surface area contributed by atoms with Crippen LogP contribution in [0.4, 0.5) is 20.6 Å². The molecule has 0 spiro atoms. The van der Waals surface area contributed by atoms with Gasteiger partial charge in [-0.15, -0.1) is 11.3 Å². The predicted molar refractivity (Wildman–Crippen MR) is 140 cm³/mol. The van der Waals surface area contributed by atoms with Crippen LogP contribution >= 0.6 is 11.3 Å². The maximum Gasteiger partial charge on any atom is 0.319 e. The van der Waals surface area contributed by atoms with Crippen molar-refractivity contribution in [2.24, 2.45) is 7.05 Å². The zero-order valence-corrected chi connectivity index (χ0v) is 20.2. The van der Waals surface area contributed by atoms with Crippen LogP contribution in [0.15, 0.2) is 79.4 Å². The smallest absolute Gasteiger partial charge is 0.319 e. The summed E-state index contributed by atoms with van der Waals surface area (Å²) in [6.45, 7) is 0.966. The molecule has 0 atom stereocenters. The van der Waals surface area contributed by atoms with E-state index in [9.17, 15) is 9.18 Å². The molecule has 182 valence electrons. The van der Waals surface area contributed by atoms with Crippen molar-refractivity contribution in [3.63, 3.8) is 0 Å². The molecule has 0 radical (unpaired) electrons. The molecular formula is C26H23FN6O2S. The van der Waals surface area contributed by atoms with Gasteiger partial charge in [-0.25, -0.2) is 14.2 Å². The van der Waals surface area contributed by atoms with E-state index in [1.807, 2.05) is 54.2 Å². The van der Waals surface area contributed by atoms with E-state index in [4.69, 9.17) is 4.74 Å². The Bertz CT molecular complexity index is 1500. The summed E-state index contributed by atoms with van der Waals surface area (Å²) >= 11 is 1.48. The fourth-order valence-corrected chi connectivity index (χ4v) is 4.58. The third-order valence-electron chi connectivity index (χ3n) is 5.26. The summed E-state index contributed by atoms with van der Waals surface area (Å²) in [5.41, 5.74) is 2.87. The number of para-hydroxylation sites is 1. The van der Waals surface area contributed by atoms with Gasteiger partial charge >= 0.3 is 6.03 Å². The zero-order valence-electron chi connectivity index (χ0n) is 19.4. The van der Waals surface area contributed by atoms with Crippen molar-refractivity contribution < 1.29 is 13.9 Å². The largest absolute Gasteiger partial charge is 0.453 e. The number of ether oxygens (including phenoxy) is 1. The van der Waals surface area contributed by atoms with Gasteiger partial charge in [-0.2, -0.15) is 0 Å². The van der Waals surface area contributed by atoms with Crippen molar-refractivity contribution in [2.45, 2.75) is 0 Å². The number of carbonyl (C=O) groups excluding carboxylic acids is 1. The van der Waals surface area contributed by atoms with Crippen molar-refractivity contribution >= 4 is 39.0 Å². The fraction of sp³-hybridized carbons (Fsp3) is 0.115. The molecule has 36 heavy (non-hydrogen) atoms. The lowest BCUT2D eigenvalue weighted by molar-refractivity contribution is 0.252. The van der Waals surface area contributed by atoms with Gasteiger partial charge in [0.05, 0.1) is 27.1 Å². The Balaban J connectivity index is 1.21. The number of rotatable bonds is 8. The van der Waals surface area contributed by atoms with E-state index in [1.54, 1.807) is 24.7 Å². The number of hydrogen-bond acceptors (Lipinski definition) is 6. The van der Waals surface area contributed by atoms with E-state index >= 15 is 0 Å². The van der Waals surface area contributed by atoms with Crippen LogP contribution in [0, 0.1) is 5.82 Å². The molecule has 0 aliphatic heterocycles. The van der Waals surface area contributed by atoms with Gasteiger partial charge in [-0.05, 0) is 30.3 Å². The molecule has 10 heteroatoms. The SMILES string of the molecule is Cn1cnc(-c2cc3nccc(Oc4ccc(NC(=O)NCCNc5ccccc5)cc4F)c3s2)c1. The topological polar surface area (TPSA) is 93.1 Å². The summed E-state index contributed by atoms with van der Waals surface area (Å²) in [4.78, 5) is 21.9. The average molecular weight is 503 g/mol. The molecular weight excluding hydrogens is 479 g/mol. The Hall–Kier alpha value is -4.44. The molecule has 3 heterocycles. The van der Waals surface area contributed by atoms with Crippen molar-refractivity contribution in [1.29, 1.82) is 0 Å². The lowest BCUT2D eigenvalue weighted by Crippen LogP contribution is -2.32. The van der Waals surface area contributed by atoms with Crippen molar-refractivity contribution in [1.82, 2.24) is 19.9 Å². The molecule has 2 aromatic carbocycles. The second-order valence-electron chi connectivity index (χ2n) is 7.98. The number of nitrogens with one attached hydrogen (secondary N) is 3. The number of anilines is 2. The van der Waals surface area contributed by atoms with Crippen molar-refractivity contribution in [3.05, 3.63) is 85.2 Å². The molecule has 0 bridgehead atoms. The normalized spacial score (nSPS) is 10.8. The van der Waals surface area contributed by atoms with Crippen LogP contribution in [0.5, 0.6) is 11.5 Å². The molecule has 5 rings (SSSR count). The van der Waals surface area contributed by atoms with Gasteiger partial charge in [0.25, 0.3) is 0 Å². The minimum absolute atomic E-state index is 0.0494. The molecule has 0 aliphatic rings. The van der Waals surface area contributed by atoms with Gasteiger partial charge in [-0.3, -0.25) is 4.98 Å². The summed E-state index contributed by atoms with van der Waals surface area (Å²) in [7, 11) is 1.91. The minimum atomic E-state index is -0.593. The molecule has 0 aliphatic carbocycles. The number of halogens is 1. The van der Waals surface area contributed by atoms with Gasteiger partial charge in [0.1, 0.15) is 5.75 Å². The van der Waals surface area contributed by atoms with Gasteiger partial charge in [-0.1, -0.05) is 18.2 Å². The van der Waals surface area contributed by atoms with Gasteiger partial charge in [0.15, 0.2) is 11.6 Å². The molecule has 0 fully saturated rings. The number of aromatic nitrogens is 3. The highest BCUT2D eigenvalue weighted by Crippen LogP contribution is 2.39. The van der Waals surface area contributed by atoms with E-state index < -0.39 is 11.8 Å². The molecule has 0 unspecified atom stereocenters.